The predicted octanol–water partition coefficient (Wildman–Crippen LogP) is 1.62. The molecule has 0 atom stereocenters. The minimum atomic E-state index is -3.91. The highest BCUT2D eigenvalue weighted by Crippen LogP contribution is 2.25. The van der Waals surface area contributed by atoms with E-state index in [9.17, 15) is 13.2 Å². The first kappa shape index (κ1) is 20.4. The number of anilines is 1. The summed E-state index contributed by atoms with van der Waals surface area (Å²) in [5.74, 6) is -0.332. The molecule has 2 aromatic carbocycles. The summed E-state index contributed by atoms with van der Waals surface area (Å²) in [5, 5.41) is 9.31. The Bertz CT molecular complexity index is 1170. The zero-order valence-electron chi connectivity index (χ0n) is 16.4. The smallest absolute Gasteiger partial charge is 0.253 e. The van der Waals surface area contributed by atoms with E-state index >= 15 is 0 Å². The summed E-state index contributed by atoms with van der Waals surface area (Å²) in [6, 6.07) is 12.4. The van der Waals surface area contributed by atoms with Crippen molar-refractivity contribution in [3.8, 4) is 0 Å². The number of sulfonamides is 1. The van der Waals surface area contributed by atoms with E-state index in [1.165, 1.54) is 12.1 Å². The van der Waals surface area contributed by atoms with Gasteiger partial charge in [0.15, 0.2) is 0 Å². The van der Waals surface area contributed by atoms with Crippen molar-refractivity contribution >= 4 is 32.5 Å². The minimum Gasteiger partial charge on any atom is -0.378 e. The molecule has 3 aromatic rings. The maximum atomic E-state index is 13.0. The van der Waals surface area contributed by atoms with Gasteiger partial charge in [0.05, 0.1) is 23.7 Å². The summed E-state index contributed by atoms with van der Waals surface area (Å²) in [5.41, 5.74) is 3.13. The van der Waals surface area contributed by atoms with Crippen molar-refractivity contribution in [1.82, 2.24) is 10.3 Å². The van der Waals surface area contributed by atoms with Gasteiger partial charge in [0.2, 0.25) is 10.0 Å². The van der Waals surface area contributed by atoms with Gasteiger partial charge in [0, 0.05) is 42.4 Å². The number of ether oxygens (including phenoxy) is 1. The molecule has 9 heteroatoms. The van der Waals surface area contributed by atoms with Gasteiger partial charge in [-0.25, -0.2) is 13.6 Å². The van der Waals surface area contributed by atoms with Gasteiger partial charge in [-0.1, -0.05) is 18.2 Å². The van der Waals surface area contributed by atoms with E-state index in [1.54, 1.807) is 6.07 Å². The molecule has 1 amide bonds. The van der Waals surface area contributed by atoms with Crippen molar-refractivity contribution in [2.45, 2.75) is 11.3 Å². The van der Waals surface area contributed by atoms with E-state index in [0.717, 1.165) is 16.5 Å². The lowest BCUT2D eigenvalue weighted by atomic mass is 10.1. The molecule has 1 fully saturated rings. The van der Waals surface area contributed by atoms with Gasteiger partial charge >= 0.3 is 0 Å². The Labute approximate surface area is 175 Å². The van der Waals surface area contributed by atoms with Crippen molar-refractivity contribution < 1.29 is 17.9 Å². The molecule has 4 rings (SSSR count). The summed E-state index contributed by atoms with van der Waals surface area (Å²) >= 11 is 0. The third-order valence-corrected chi connectivity index (χ3v) is 6.16. The van der Waals surface area contributed by atoms with Crippen LogP contribution in [0.5, 0.6) is 0 Å². The molecule has 30 heavy (non-hydrogen) atoms. The van der Waals surface area contributed by atoms with E-state index in [2.05, 4.69) is 10.3 Å². The minimum absolute atomic E-state index is 0.0821. The van der Waals surface area contributed by atoms with Gasteiger partial charge in [-0.3, -0.25) is 4.79 Å². The summed E-state index contributed by atoms with van der Waals surface area (Å²) in [6.45, 7) is 2.79. The van der Waals surface area contributed by atoms with Gasteiger partial charge in [-0.15, -0.1) is 0 Å². The van der Waals surface area contributed by atoms with Gasteiger partial charge in [0.25, 0.3) is 5.91 Å². The van der Waals surface area contributed by atoms with E-state index < -0.39 is 10.0 Å². The van der Waals surface area contributed by atoms with Crippen LogP contribution in [0, 0.1) is 0 Å². The van der Waals surface area contributed by atoms with Crippen molar-refractivity contribution in [3.05, 3.63) is 59.8 Å². The van der Waals surface area contributed by atoms with E-state index in [-0.39, 0.29) is 10.8 Å². The van der Waals surface area contributed by atoms with E-state index in [1.807, 2.05) is 35.4 Å². The number of aromatic nitrogens is 1. The fourth-order valence-corrected chi connectivity index (χ4v) is 4.24. The Morgan fingerprint density at radius 1 is 1.17 bits per heavy atom. The zero-order chi connectivity index (χ0) is 21.1. The Kier molecular flexibility index (Phi) is 5.76. The average Bonchev–Trinajstić information content (AvgIpc) is 3.16. The number of para-hydroxylation sites is 1. The molecule has 158 valence electrons. The fourth-order valence-electron chi connectivity index (χ4n) is 3.70. The number of primary sulfonamides is 1. The lowest BCUT2D eigenvalue weighted by Gasteiger charge is -2.30. The van der Waals surface area contributed by atoms with Crippen LogP contribution >= 0.6 is 0 Å². The fraction of sp³-hybridized carbons (Fsp3) is 0.286. The number of H-pyrrole nitrogens is 1. The van der Waals surface area contributed by atoms with Gasteiger partial charge in [-0.2, -0.15) is 0 Å². The molecule has 2 heterocycles. The van der Waals surface area contributed by atoms with E-state index in [4.69, 9.17) is 9.88 Å². The van der Waals surface area contributed by atoms with Crippen molar-refractivity contribution in [3.63, 3.8) is 0 Å². The Hall–Kier alpha value is -2.88. The summed E-state index contributed by atoms with van der Waals surface area (Å²) in [6.07, 6.45) is 2.59. The largest absolute Gasteiger partial charge is 0.378 e. The second kappa shape index (κ2) is 8.47. The second-order valence-electron chi connectivity index (χ2n) is 7.19. The number of aromatic amines is 1. The number of rotatable bonds is 6. The number of fused-ring (bicyclic) bond motifs is 1. The van der Waals surface area contributed by atoms with Crippen LogP contribution in [0.4, 0.5) is 5.69 Å². The third-order valence-electron chi connectivity index (χ3n) is 5.25. The van der Waals surface area contributed by atoms with Crippen LogP contribution in [-0.2, 0) is 21.2 Å². The highest BCUT2D eigenvalue weighted by molar-refractivity contribution is 7.89. The number of nitrogens with one attached hydrogen (secondary N) is 2. The van der Waals surface area contributed by atoms with Crippen molar-refractivity contribution in [1.29, 1.82) is 0 Å². The van der Waals surface area contributed by atoms with Crippen LogP contribution < -0.4 is 15.4 Å². The zero-order valence-corrected chi connectivity index (χ0v) is 17.2. The number of hydrogen-bond acceptors (Lipinski definition) is 5. The maximum Gasteiger partial charge on any atom is 0.253 e. The van der Waals surface area contributed by atoms with Gasteiger partial charge in [-0.05, 0) is 36.2 Å². The van der Waals surface area contributed by atoms with Crippen LogP contribution in [-0.4, -0.2) is 52.2 Å². The van der Waals surface area contributed by atoms with Crippen LogP contribution in [0.1, 0.15) is 15.9 Å². The standard InChI is InChI=1S/C21H24N4O4S/c22-30(27,28)16-5-6-20(25-9-11-29-12-10-25)18(13-16)21(26)23-8-7-15-14-24-19-4-2-1-3-17(15)19/h1-6,13-14,24H,7-12H2,(H,23,26)(H2,22,27,28). The van der Waals surface area contributed by atoms with Gasteiger partial charge < -0.3 is 19.9 Å². The molecule has 0 spiro atoms. The Morgan fingerprint density at radius 2 is 1.93 bits per heavy atom. The van der Waals surface area contributed by atoms with Crippen molar-refractivity contribution in [2.75, 3.05) is 37.7 Å². The predicted molar refractivity (Wildman–Crippen MR) is 115 cm³/mol. The number of nitrogens with two attached hydrogens (primary N) is 1. The molecule has 8 nitrogen and oxygen atoms in total. The molecule has 1 saturated heterocycles. The van der Waals surface area contributed by atoms with Crippen LogP contribution in [0.3, 0.4) is 0 Å². The Balaban J connectivity index is 1.53. The number of nitrogens with zero attached hydrogens (tertiary/aromatic N) is 1. The molecular formula is C21H24N4O4S. The van der Waals surface area contributed by atoms with Crippen LogP contribution in [0.2, 0.25) is 0 Å². The monoisotopic (exact) mass is 428 g/mol. The molecule has 0 aliphatic carbocycles. The first-order valence-electron chi connectivity index (χ1n) is 9.76. The molecule has 1 aliphatic rings. The molecule has 1 aliphatic heterocycles. The maximum absolute atomic E-state index is 13.0. The lowest BCUT2D eigenvalue weighted by molar-refractivity contribution is 0.0952. The normalized spacial score (nSPS) is 14.8. The summed E-state index contributed by atoms with van der Waals surface area (Å²) in [7, 11) is -3.91. The number of amides is 1. The third kappa shape index (κ3) is 4.33. The first-order valence-corrected chi connectivity index (χ1v) is 11.3. The summed E-state index contributed by atoms with van der Waals surface area (Å²) < 4.78 is 29.0. The van der Waals surface area contributed by atoms with E-state index in [0.29, 0.717) is 50.5 Å². The highest BCUT2D eigenvalue weighted by Gasteiger charge is 2.21. The summed E-state index contributed by atoms with van der Waals surface area (Å²) in [4.78, 5) is 18.1. The molecule has 4 N–H and O–H groups in total. The number of carbonyl (C=O) groups excluding carboxylic acids is 1. The van der Waals surface area contributed by atoms with Crippen LogP contribution in [0.15, 0.2) is 53.6 Å². The van der Waals surface area contributed by atoms with Crippen LogP contribution in [0.25, 0.3) is 10.9 Å². The molecule has 0 saturated carbocycles. The molecule has 0 radical (unpaired) electrons. The highest BCUT2D eigenvalue weighted by atomic mass is 32.2. The topological polar surface area (TPSA) is 118 Å². The second-order valence-corrected chi connectivity index (χ2v) is 8.75. The lowest BCUT2D eigenvalue weighted by Crippen LogP contribution is -2.38. The quantitative estimate of drug-likeness (QED) is 0.552. The number of benzene rings is 2. The molecule has 1 aromatic heterocycles. The number of morpholine rings is 1. The first-order chi connectivity index (χ1) is 14.4. The Morgan fingerprint density at radius 3 is 2.70 bits per heavy atom. The number of carbonyl (C=O) groups is 1. The van der Waals surface area contributed by atoms with Gasteiger partial charge in [0.1, 0.15) is 0 Å². The average molecular weight is 429 g/mol. The number of hydrogen-bond donors (Lipinski definition) is 3. The molecular weight excluding hydrogens is 404 g/mol. The SMILES string of the molecule is NS(=O)(=O)c1ccc(N2CCOCC2)c(C(=O)NCCc2c[nH]c3ccccc23)c1. The molecule has 0 unspecified atom stereocenters. The van der Waals surface area contributed by atoms with Crippen molar-refractivity contribution in [2.24, 2.45) is 5.14 Å². The molecule has 0 bridgehead atoms.